The molecule has 2 heterocycles. The Hall–Kier alpha value is -2.81. The summed E-state index contributed by atoms with van der Waals surface area (Å²) in [5, 5.41) is 8.63. The highest BCUT2D eigenvalue weighted by molar-refractivity contribution is 6.74. The average Bonchev–Trinajstić information content (AvgIpc) is 3.25. The predicted octanol–water partition coefficient (Wildman–Crippen LogP) is 6.45. The van der Waals surface area contributed by atoms with Gasteiger partial charge >= 0.3 is 5.97 Å². The molecule has 0 aliphatic rings. The van der Waals surface area contributed by atoms with Crippen LogP contribution in [-0.4, -0.2) is 29.5 Å². The highest BCUT2D eigenvalue weighted by atomic mass is 35.5. The van der Waals surface area contributed by atoms with Gasteiger partial charge in [0.25, 0.3) is 0 Å². The third-order valence-electron chi connectivity index (χ3n) is 5.85. The number of benzene rings is 1. The first kappa shape index (κ1) is 25.8. The second kappa shape index (κ2) is 10.6. The lowest BCUT2D eigenvalue weighted by atomic mass is 10.1. The fourth-order valence-electron chi connectivity index (χ4n) is 2.75. The molecule has 0 bridgehead atoms. The van der Waals surface area contributed by atoms with Crippen molar-refractivity contribution >= 4 is 31.5 Å². The van der Waals surface area contributed by atoms with Crippen molar-refractivity contribution in [1.82, 2.24) is 15.2 Å². The minimum absolute atomic E-state index is 0.0858. The van der Waals surface area contributed by atoms with Crippen LogP contribution in [0, 0.1) is 0 Å². The van der Waals surface area contributed by atoms with Gasteiger partial charge in [-0.05, 0) is 42.3 Å². The van der Waals surface area contributed by atoms with Crippen LogP contribution in [0.2, 0.25) is 23.2 Å². The third kappa shape index (κ3) is 6.62. The molecule has 0 atom stereocenters. The Bertz CT molecular complexity index is 1170. The normalized spacial score (nSPS) is 12.6. The van der Waals surface area contributed by atoms with Gasteiger partial charge in [0.1, 0.15) is 13.2 Å². The van der Waals surface area contributed by atoms with Gasteiger partial charge in [-0.1, -0.05) is 62.7 Å². The molecule has 0 N–H and O–H groups in total. The van der Waals surface area contributed by atoms with E-state index in [1.54, 1.807) is 19.2 Å². The number of hydrogen-bond acceptors (Lipinski definition) is 7. The lowest BCUT2D eigenvalue weighted by molar-refractivity contribution is -0.138. The monoisotopic (exact) mass is 499 g/mol. The standard InChI is InChI=1S/C25H30ClN3O4Si/c1-17(12-22(30)31-15-18-10-8-7-9-11-18)23-20(26)13-19(14-27-23)24-29-28-21(33-24)16-32-34(5,6)25(2,3)4/h7-14H,15-16H2,1-6H3. The Balaban J connectivity index is 1.65. The number of ether oxygens (including phenoxy) is 1. The smallest absolute Gasteiger partial charge is 0.331 e. The zero-order chi connectivity index (χ0) is 24.9. The van der Waals surface area contributed by atoms with Gasteiger partial charge in [0.2, 0.25) is 11.8 Å². The fourth-order valence-corrected chi connectivity index (χ4v) is 3.98. The van der Waals surface area contributed by atoms with Gasteiger partial charge in [-0.25, -0.2) is 4.79 Å². The van der Waals surface area contributed by atoms with E-state index in [1.165, 1.54) is 6.08 Å². The number of nitrogens with zero attached hydrogens (tertiary/aromatic N) is 3. The molecule has 0 radical (unpaired) electrons. The topological polar surface area (TPSA) is 87.3 Å². The van der Waals surface area contributed by atoms with E-state index < -0.39 is 14.3 Å². The Labute approximate surface area is 206 Å². The highest BCUT2D eigenvalue weighted by Gasteiger charge is 2.37. The highest BCUT2D eigenvalue weighted by Crippen LogP contribution is 2.37. The largest absolute Gasteiger partial charge is 0.458 e. The van der Waals surface area contributed by atoms with Crippen LogP contribution in [0.5, 0.6) is 0 Å². The first-order valence-electron chi connectivity index (χ1n) is 11.0. The van der Waals surface area contributed by atoms with E-state index in [0.717, 1.165) is 5.56 Å². The molecule has 2 aromatic heterocycles. The van der Waals surface area contributed by atoms with E-state index in [2.05, 4.69) is 49.0 Å². The van der Waals surface area contributed by atoms with E-state index in [9.17, 15) is 4.79 Å². The molecule has 1 aromatic carbocycles. The summed E-state index contributed by atoms with van der Waals surface area (Å²) < 4.78 is 17.2. The van der Waals surface area contributed by atoms with E-state index >= 15 is 0 Å². The SMILES string of the molecule is CC(=CC(=O)OCc1ccccc1)c1ncc(-c2nnc(CO[Si](C)(C)C(C)(C)C)o2)cc1Cl. The molecule has 0 spiro atoms. The van der Waals surface area contributed by atoms with Crippen molar-refractivity contribution in [2.75, 3.05) is 0 Å². The van der Waals surface area contributed by atoms with E-state index in [1.807, 2.05) is 30.3 Å². The fraction of sp³-hybridized carbons (Fsp3) is 0.360. The molecular weight excluding hydrogens is 470 g/mol. The molecule has 9 heteroatoms. The van der Waals surface area contributed by atoms with Crippen LogP contribution in [0.4, 0.5) is 0 Å². The van der Waals surface area contributed by atoms with Crippen molar-refractivity contribution in [1.29, 1.82) is 0 Å². The van der Waals surface area contributed by atoms with Crippen molar-refractivity contribution in [2.45, 2.75) is 59.0 Å². The van der Waals surface area contributed by atoms with Crippen LogP contribution < -0.4 is 0 Å². The first-order valence-corrected chi connectivity index (χ1v) is 14.3. The summed E-state index contributed by atoms with van der Waals surface area (Å²) >= 11 is 6.44. The number of carbonyl (C=O) groups is 1. The van der Waals surface area contributed by atoms with E-state index in [-0.39, 0.29) is 18.3 Å². The van der Waals surface area contributed by atoms with Gasteiger partial charge in [-0.2, -0.15) is 0 Å². The summed E-state index contributed by atoms with van der Waals surface area (Å²) in [5.41, 5.74) is 2.56. The minimum Gasteiger partial charge on any atom is -0.458 e. The molecule has 0 fully saturated rings. The van der Waals surface area contributed by atoms with Crippen molar-refractivity contribution in [2.24, 2.45) is 0 Å². The maximum atomic E-state index is 12.2. The quantitative estimate of drug-likeness (QED) is 0.200. The predicted molar refractivity (Wildman–Crippen MR) is 134 cm³/mol. The summed E-state index contributed by atoms with van der Waals surface area (Å²) in [6.07, 6.45) is 2.96. The minimum atomic E-state index is -1.93. The Morgan fingerprint density at radius 1 is 1.15 bits per heavy atom. The summed E-state index contributed by atoms with van der Waals surface area (Å²) in [5.74, 6) is 0.238. The zero-order valence-electron chi connectivity index (χ0n) is 20.4. The molecule has 7 nitrogen and oxygen atoms in total. The number of allylic oxidation sites excluding steroid dienone is 1. The molecule has 0 amide bonds. The number of pyridine rings is 1. The zero-order valence-corrected chi connectivity index (χ0v) is 22.1. The van der Waals surface area contributed by atoms with Gasteiger partial charge in [0, 0.05) is 12.3 Å². The molecule has 180 valence electrons. The molecule has 0 aliphatic carbocycles. The van der Waals surface area contributed by atoms with Crippen LogP contribution in [0.1, 0.15) is 44.8 Å². The van der Waals surface area contributed by atoms with Crippen molar-refractivity contribution in [3.05, 3.63) is 70.8 Å². The number of carbonyl (C=O) groups excluding carboxylic acids is 1. The molecule has 3 aromatic rings. The maximum Gasteiger partial charge on any atom is 0.331 e. The first-order chi connectivity index (χ1) is 16.0. The molecule has 34 heavy (non-hydrogen) atoms. The Kier molecular flexibility index (Phi) is 8.07. The van der Waals surface area contributed by atoms with Crippen LogP contribution in [0.15, 0.2) is 53.1 Å². The number of rotatable bonds is 8. The van der Waals surface area contributed by atoms with Crippen molar-refractivity contribution < 1.29 is 18.4 Å². The average molecular weight is 500 g/mol. The summed E-state index contributed by atoms with van der Waals surface area (Å²) in [7, 11) is -1.93. The molecular formula is C25H30ClN3O4Si. The van der Waals surface area contributed by atoms with Gasteiger partial charge in [0.15, 0.2) is 8.32 Å². The molecule has 0 saturated carbocycles. The van der Waals surface area contributed by atoms with Gasteiger partial charge in [0.05, 0.1) is 16.3 Å². The maximum absolute atomic E-state index is 12.2. The molecule has 0 unspecified atom stereocenters. The Morgan fingerprint density at radius 3 is 2.50 bits per heavy atom. The van der Waals surface area contributed by atoms with Gasteiger partial charge in [-0.15, -0.1) is 10.2 Å². The number of aromatic nitrogens is 3. The van der Waals surface area contributed by atoms with Crippen molar-refractivity contribution in [3.8, 4) is 11.5 Å². The summed E-state index contributed by atoms with van der Waals surface area (Å²) in [4.78, 5) is 16.6. The molecule has 0 aliphatic heterocycles. The van der Waals surface area contributed by atoms with E-state index in [0.29, 0.717) is 33.6 Å². The second-order valence-corrected chi connectivity index (χ2v) is 14.7. The number of hydrogen-bond donors (Lipinski definition) is 0. The lowest BCUT2D eigenvalue weighted by Crippen LogP contribution is -2.40. The summed E-state index contributed by atoms with van der Waals surface area (Å²) in [6, 6.07) is 11.2. The molecule has 0 saturated heterocycles. The second-order valence-electron chi connectivity index (χ2n) is 9.53. The number of halogens is 1. The van der Waals surface area contributed by atoms with Crippen LogP contribution in [-0.2, 0) is 27.2 Å². The van der Waals surface area contributed by atoms with Gasteiger partial charge in [-0.3, -0.25) is 4.98 Å². The Morgan fingerprint density at radius 2 is 1.85 bits per heavy atom. The third-order valence-corrected chi connectivity index (χ3v) is 10.6. The summed E-state index contributed by atoms with van der Waals surface area (Å²) in [6.45, 7) is 13.1. The van der Waals surface area contributed by atoms with Crippen LogP contribution in [0.3, 0.4) is 0 Å². The van der Waals surface area contributed by atoms with Crippen LogP contribution >= 0.6 is 11.6 Å². The lowest BCUT2D eigenvalue weighted by Gasteiger charge is -2.35. The van der Waals surface area contributed by atoms with Crippen molar-refractivity contribution in [3.63, 3.8) is 0 Å². The van der Waals surface area contributed by atoms with E-state index in [4.69, 9.17) is 25.2 Å². The van der Waals surface area contributed by atoms with Crippen LogP contribution in [0.25, 0.3) is 17.0 Å². The molecule has 3 rings (SSSR count). The number of esters is 1. The van der Waals surface area contributed by atoms with Gasteiger partial charge < -0.3 is 13.6 Å².